The number of ether oxygens (including phenoxy) is 1. The molecule has 0 bridgehead atoms. The maximum absolute atomic E-state index is 12.5. The van der Waals surface area contributed by atoms with E-state index in [-0.39, 0.29) is 18.2 Å². The van der Waals surface area contributed by atoms with Gasteiger partial charge in [0.15, 0.2) is 5.58 Å². The molecule has 1 aromatic heterocycles. The fourth-order valence-corrected chi connectivity index (χ4v) is 3.74. The topological polar surface area (TPSA) is 88.2 Å². The minimum Gasteiger partial charge on any atom is -0.448 e. The lowest BCUT2D eigenvalue weighted by Crippen LogP contribution is -2.42. The van der Waals surface area contributed by atoms with Crippen LogP contribution in [0.15, 0.2) is 33.5 Å². The van der Waals surface area contributed by atoms with E-state index >= 15 is 0 Å². The van der Waals surface area contributed by atoms with Gasteiger partial charge < -0.3 is 14.1 Å². The number of hydrogen-bond donors (Lipinski definition) is 0. The molecular weight excluding hydrogens is 364 g/mol. The van der Waals surface area contributed by atoms with Gasteiger partial charge in [-0.2, -0.15) is 0 Å². The second kappa shape index (κ2) is 8.05. The molecule has 1 aromatic carbocycles. The number of oxazole rings is 1. The Hall–Kier alpha value is -2.81. The number of hydrogen-bond acceptors (Lipinski definition) is 6. The number of fused-ring (bicyclic) bond motifs is 1. The van der Waals surface area contributed by atoms with Crippen molar-refractivity contribution >= 4 is 23.1 Å². The Labute approximate surface area is 162 Å². The summed E-state index contributed by atoms with van der Waals surface area (Å²) in [5.41, 5.74) is 1.40. The fraction of sp³-hybridized carbons (Fsp3) is 0.526. The molecule has 2 amide bonds. The van der Waals surface area contributed by atoms with Crippen LogP contribution in [0.2, 0.25) is 0 Å². The normalized spacial score (nSPS) is 18.5. The molecule has 4 rings (SSSR count). The molecule has 3 heterocycles. The van der Waals surface area contributed by atoms with Crippen molar-refractivity contribution in [3.05, 3.63) is 34.8 Å². The van der Waals surface area contributed by atoms with E-state index in [1.54, 1.807) is 10.6 Å². The van der Waals surface area contributed by atoms with Crippen LogP contribution in [0.4, 0.5) is 4.79 Å². The standard InChI is InChI=1S/C19H24N4O5/c24-17(14-22-12-13-27-18(22)25)21-7-3-6-20(8-10-21)9-11-23-15-4-1-2-5-16(15)28-19(23)26/h1-2,4-5H,3,6-14H2. The lowest BCUT2D eigenvalue weighted by Gasteiger charge is -2.23. The number of cyclic esters (lactones) is 1. The summed E-state index contributed by atoms with van der Waals surface area (Å²) >= 11 is 0. The first-order valence-corrected chi connectivity index (χ1v) is 9.62. The van der Waals surface area contributed by atoms with Gasteiger partial charge in [0.2, 0.25) is 5.91 Å². The summed E-state index contributed by atoms with van der Waals surface area (Å²) < 4.78 is 11.8. The van der Waals surface area contributed by atoms with Gasteiger partial charge in [0, 0.05) is 32.7 Å². The molecule has 2 saturated heterocycles. The molecule has 0 atom stereocenters. The number of carbonyl (C=O) groups excluding carboxylic acids is 2. The average molecular weight is 388 g/mol. The summed E-state index contributed by atoms with van der Waals surface area (Å²) in [6.07, 6.45) is 0.444. The molecule has 2 fully saturated rings. The van der Waals surface area contributed by atoms with Crippen LogP contribution < -0.4 is 5.76 Å². The van der Waals surface area contributed by atoms with E-state index in [9.17, 15) is 14.4 Å². The number of rotatable bonds is 5. The number of aromatic nitrogens is 1. The molecule has 0 spiro atoms. The van der Waals surface area contributed by atoms with Gasteiger partial charge in [-0.25, -0.2) is 9.59 Å². The highest BCUT2D eigenvalue weighted by molar-refractivity contribution is 5.83. The molecule has 2 aromatic rings. The second-order valence-corrected chi connectivity index (χ2v) is 7.10. The number of para-hydroxylation sites is 2. The highest BCUT2D eigenvalue weighted by atomic mass is 16.6. The van der Waals surface area contributed by atoms with Gasteiger partial charge in [-0.1, -0.05) is 12.1 Å². The summed E-state index contributed by atoms with van der Waals surface area (Å²) in [6.45, 7) is 5.04. The average Bonchev–Trinajstić information content (AvgIpc) is 3.13. The van der Waals surface area contributed by atoms with Crippen LogP contribution >= 0.6 is 0 Å². The van der Waals surface area contributed by atoms with E-state index in [1.807, 2.05) is 23.1 Å². The van der Waals surface area contributed by atoms with Crippen molar-refractivity contribution in [2.24, 2.45) is 0 Å². The van der Waals surface area contributed by atoms with Gasteiger partial charge in [-0.05, 0) is 25.1 Å². The summed E-state index contributed by atoms with van der Waals surface area (Å²) in [6, 6.07) is 7.41. The van der Waals surface area contributed by atoms with E-state index < -0.39 is 6.09 Å². The van der Waals surface area contributed by atoms with E-state index in [4.69, 9.17) is 9.15 Å². The molecule has 9 heteroatoms. The van der Waals surface area contributed by atoms with Crippen LogP contribution in [0.5, 0.6) is 0 Å². The lowest BCUT2D eigenvalue weighted by atomic mass is 10.3. The van der Waals surface area contributed by atoms with Crippen LogP contribution in [0.25, 0.3) is 11.1 Å². The number of benzene rings is 1. The van der Waals surface area contributed by atoms with E-state index in [2.05, 4.69) is 4.90 Å². The first-order valence-electron chi connectivity index (χ1n) is 9.62. The number of amides is 2. The molecule has 0 saturated carbocycles. The quantitative estimate of drug-likeness (QED) is 0.745. The smallest absolute Gasteiger partial charge is 0.419 e. The SMILES string of the molecule is O=C(CN1CCOC1=O)N1CCCN(CCn2c(=O)oc3ccccc32)CC1. The predicted octanol–water partition coefficient (Wildman–Crippen LogP) is 0.581. The Morgan fingerprint density at radius 3 is 2.68 bits per heavy atom. The van der Waals surface area contributed by atoms with Crippen LogP contribution in [0.3, 0.4) is 0 Å². The van der Waals surface area contributed by atoms with Crippen molar-refractivity contribution < 1.29 is 18.7 Å². The zero-order valence-corrected chi connectivity index (χ0v) is 15.7. The van der Waals surface area contributed by atoms with Crippen molar-refractivity contribution in [1.82, 2.24) is 19.3 Å². The van der Waals surface area contributed by atoms with Gasteiger partial charge in [0.1, 0.15) is 13.2 Å². The Bertz CT molecular complexity index is 920. The Kier molecular flexibility index (Phi) is 5.34. The molecule has 0 aliphatic carbocycles. The first-order chi connectivity index (χ1) is 13.6. The highest BCUT2D eigenvalue weighted by Crippen LogP contribution is 2.12. The highest BCUT2D eigenvalue weighted by Gasteiger charge is 2.27. The lowest BCUT2D eigenvalue weighted by molar-refractivity contribution is -0.131. The monoisotopic (exact) mass is 388 g/mol. The molecule has 0 unspecified atom stereocenters. The summed E-state index contributed by atoms with van der Waals surface area (Å²) in [4.78, 5) is 41.6. The zero-order chi connectivity index (χ0) is 19.5. The van der Waals surface area contributed by atoms with Crippen molar-refractivity contribution in [3.8, 4) is 0 Å². The third-order valence-corrected chi connectivity index (χ3v) is 5.33. The number of carbonyl (C=O) groups is 2. The molecule has 150 valence electrons. The Morgan fingerprint density at radius 1 is 1.00 bits per heavy atom. The van der Waals surface area contributed by atoms with E-state index in [1.165, 1.54) is 4.90 Å². The van der Waals surface area contributed by atoms with Crippen molar-refractivity contribution in [2.45, 2.75) is 13.0 Å². The van der Waals surface area contributed by atoms with Crippen LogP contribution in [-0.4, -0.2) is 83.7 Å². The summed E-state index contributed by atoms with van der Waals surface area (Å²) in [5.74, 6) is -0.386. The van der Waals surface area contributed by atoms with Crippen molar-refractivity contribution in [3.63, 3.8) is 0 Å². The molecule has 28 heavy (non-hydrogen) atoms. The molecule has 0 N–H and O–H groups in total. The molecule has 9 nitrogen and oxygen atoms in total. The van der Waals surface area contributed by atoms with Gasteiger partial charge >= 0.3 is 11.8 Å². The molecule has 2 aliphatic rings. The third kappa shape index (κ3) is 3.89. The largest absolute Gasteiger partial charge is 0.448 e. The Morgan fingerprint density at radius 2 is 1.86 bits per heavy atom. The summed E-state index contributed by atoms with van der Waals surface area (Å²) in [5, 5.41) is 0. The van der Waals surface area contributed by atoms with Gasteiger partial charge in [-0.15, -0.1) is 0 Å². The minimum absolute atomic E-state index is 0.0438. The minimum atomic E-state index is -0.414. The van der Waals surface area contributed by atoms with Crippen LogP contribution in [0.1, 0.15) is 6.42 Å². The van der Waals surface area contributed by atoms with E-state index in [0.717, 1.165) is 25.0 Å². The maximum atomic E-state index is 12.5. The zero-order valence-electron chi connectivity index (χ0n) is 15.7. The fourth-order valence-electron chi connectivity index (χ4n) is 3.74. The summed E-state index contributed by atoms with van der Waals surface area (Å²) in [7, 11) is 0. The first kappa shape index (κ1) is 18.5. The van der Waals surface area contributed by atoms with Crippen LogP contribution in [0, 0.1) is 0 Å². The Balaban J connectivity index is 1.31. The molecule has 0 radical (unpaired) electrons. The maximum Gasteiger partial charge on any atom is 0.419 e. The number of nitrogens with zero attached hydrogens (tertiary/aromatic N) is 4. The predicted molar refractivity (Wildman–Crippen MR) is 101 cm³/mol. The van der Waals surface area contributed by atoms with Gasteiger partial charge in [-0.3, -0.25) is 19.2 Å². The third-order valence-electron chi connectivity index (χ3n) is 5.33. The molecular formula is C19H24N4O5. The van der Waals surface area contributed by atoms with Crippen LogP contribution in [-0.2, 0) is 16.1 Å². The van der Waals surface area contributed by atoms with Crippen molar-refractivity contribution in [1.29, 1.82) is 0 Å². The van der Waals surface area contributed by atoms with Gasteiger partial charge in [0.25, 0.3) is 0 Å². The van der Waals surface area contributed by atoms with E-state index in [0.29, 0.717) is 44.9 Å². The second-order valence-electron chi connectivity index (χ2n) is 7.10. The van der Waals surface area contributed by atoms with Gasteiger partial charge in [0.05, 0.1) is 12.1 Å². The molecule has 2 aliphatic heterocycles. The van der Waals surface area contributed by atoms with Crippen molar-refractivity contribution in [2.75, 3.05) is 52.4 Å².